The number of nitrogens with one attached hydrogen (secondary N) is 1. The van der Waals surface area contributed by atoms with Crippen LogP contribution in [0.5, 0.6) is 0 Å². The summed E-state index contributed by atoms with van der Waals surface area (Å²) in [6.07, 6.45) is 2.63. The zero-order valence-corrected chi connectivity index (χ0v) is 11.4. The number of halogens is 2. The van der Waals surface area contributed by atoms with Gasteiger partial charge in [-0.15, -0.1) is 0 Å². The molecular weight excluding hydrogens is 268 g/mol. The maximum atomic E-state index is 13.0. The molecule has 4 nitrogen and oxygen atoms in total. The Kier molecular flexibility index (Phi) is 4.60. The van der Waals surface area contributed by atoms with Gasteiger partial charge < -0.3 is 10.4 Å². The Balaban J connectivity index is 1.81. The lowest BCUT2D eigenvalue weighted by Gasteiger charge is -2.31. The lowest BCUT2D eigenvalue weighted by molar-refractivity contribution is -0.143. The number of aliphatic carboxylic acids is 1. The number of carboxylic acid groups (broad SMARTS) is 1. The molecule has 6 heteroatoms. The number of rotatable bonds is 3. The van der Waals surface area contributed by atoms with Crippen molar-refractivity contribution in [2.45, 2.75) is 63.3 Å². The zero-order valence-electron chi connectivity index (χ0n) is 11.4. The van der Waals surface area contributed by atoms with Gasteiger partial charge in [-0.05, 0) is 32.1 Å². The molecule has 2 N–H and O–H groups in total. The van der Waals surface area contributed by atoms with E-state index in [9.17, 15) is 18.4 Å². The van der Waals surface area contributed by atoms with E-state index in [2.05, 4.69) is 5.32 Å². The molecule has 2 aliphatic carbocycles. The third kappa shape index (κ3) is 3.90. The molecule has 0 bridgehead atoms. The number of hydrogen-bond acceptors (Lipinski definition) is 2. The maximum absolute atomic E-state index is 13.0. The molecule has 0 aromatic rings. The molecule has 2 saturated carbocycles. The normalized spacial score (nSPS) is 30.7. The van der Waals surface area contributed by atoms with Gasteiger partial charge in [0, 0.05) is 24.8 Å². The molecule has 20 heavy (non-hydrogen) atoms. The average Bonchev–Trinajstić information content (AvgIpc) is 2.38. The second-order valence-electron chi connectivity index (χ2n) is 6.04. The largest absolute Gasteiger partial charge is 0.481 e. The van der Waals surface area contributed by atoms with Gasteiger partial charge in [-0.2, -0.15) is 0 Å². The van der Waals surface area contributed by atoms with Gasteiger partial charge in [-0.1, -0.05) is 6.42 Å². The minimum atomic E-state index is -2.63. The molecule has 0 aromatic carbocycles. The molecule has 2 atom stereocenters. The third-order valence-corrected chi connectivity index (χ3v) is 4.46. The van der Waals surface area contributed by atoms with Crippen LogP contribution in [0.15, 0.2) is 0 Å². The van der Waals surface area contributed by atoms with Crippen molar-refractivity contribution in [3.8, 4) is 0 Å². The minimum Gasteiger partial charge on any atom is -0.481 e. The monoisotopic (exact) mass is 289 g/mol. The van der Waals surface area contributed by atoms with Gasteiger partial charge in [-0.3, -0.25) is 9.59 Å². The van der Waals surface area contributed by atoms with Gasteiger partial charge in [0.1, 0.15) is 0 Å². The van der Waals surface area contributed by atoms with Crippen LogP contribution in [0.25, 0.3) is 0 Å². The number of carboxylic acids is 1. The first-order valence-corrected chi connectivity index (χ1v) is 7.28. The quantitative estimate of drug-likeness (QED) is 0.839. The topological polar surface area (TPSA) is 66.4 Å². The van der Waals surface area contributed by atoms with Crippen LogP contribution in [0.3, 0.4) is 0 Å². The lowest BCUT2D eigenvalue weighted by Crippen LogP contribution is -2.44. The summed E-state index contributed by atoms with van der Waals surface area (Å²) in [6.45, 7) is 0. The highest BCUT2D eigenvalue weighted by Crippen LogP contribution is 2.36. The molecule has 2 fully saturated rings. The highest BCUT2D eigenvalue weighted by molar-refractivity contribution is 5.79. The molecule has 0 aromatic heterocycles. The summed E-state index contributed by atoms with van der Waals surface area (Å²) in [5.41, 5.74) is 0. The predicted molar refractivity (Wildman–Crippen MR) is 68.4 cm³/mol. The highest BCUT2D eigenvalue weighted by atomic mass is 19.3. The highest BCUT2D eigenvalue weighted by Gasteiger charge is 2.38. The summed E-state index contributed by atoms with van der Waals surface area (Å²) in [7, 11) is 0. The minimum absolute atomic E-state index is 0.125. The summed E-state index contributed by atoms with van der Waals surface area (Å²) in [5.74, 6) is -4.38. The van der Waals surface area contributed by atoms with Gasteiger partial charge in [0.25, 0.3) is 0 Å². The molecule has 0 radical (unpaired) electrons. The van der Waals surface area contributed by atoms with E-state index in [0.717, 1.165) is 12.8 Å². The average molecular weight is 289 g/mol. The molecule has 2 unspecified atom stereocenters. The molecule has 2 rings (SSSR count). The summed E-state index contributed by atoms with van der Waals surface area (Å²) in [4.78, 5) is 23.0. The number of amides is 1. The van der Waals surface area contributed by atoms with Gasteiger partial charge in [0.2, 0.25) is 11.8 Å². The predicted octanol–water partition coefficient (Wildman–Crippen LogP) is 2.57. The zero-order chi connectivity index (χ0) is 14.8. The molecule has 114 valence electrons. The summed E-state index contributed by atoms with van der Waals surface area (Å²) in [5, 5.41) is 11.9. The van der Waals surface area contributed by atoms with Crippen molar-refractivity contribution in [3.05, 3.63) is 0 Å². The first kappa shape index (κ1) is 15.2. The fraction of sp³-hybridized carbons (Fsp3) is 0.857. The van der Waals surface area contributed by atoms with Crippen molar-refractivity contribution in [1.82, 2.24) is 5.32 Å². The molecule has 0 aliphatic heterocycles. The fourth-order valence-electron chi connectivity index (χ4n) is 3.17. The first-order chi connectivity index (χ1) is 9.37. The van der Waals surface area contributed by atoms with Crippen LogP contribution in [0.1, 0.15) is 51.4 Å². The van der Waals surface area contributed by atoms with Crippen molar-refractivity contribution < 1.29 is 23.5 Å². The number of alkyl halides is 2. The summed E-state index contributed by atoms with van der Waals surface area (Å²) in [6, 6.07) is -0.125. The SMILES string of the molecule is O=C(O)C1CCCC(NC(=O)C2CCC(F)(F)CC2)C1. The third-order valence-electron chi connectivity index (χ3n) is 4.46. The lowest BCUT2D eigenvalue weighted by atomic mass is 9.83. The Hall–Kier alpha value is -1.20. The van der Waals surface area contributed by atoms with Crippen LogP contribution in [0, 0.1) is 11.8 Å². The van der Waals surface area contributed by atoms with Crippen molar-refractivity contribution in [2.75, 3.05) is 0 Å². The Bertz CT molecular complexity index is 377. The van der Waals surface area contributed by atoms with Gasteiger partial charge in [0.05, 0.1) is 5.92 Å². The van der Waals surface area contributed by atoms with Crippen LogP contribution in [0.4, 0.5) is 8.78 Å². The number of hydrogen-bond donors (Lipinski definition) is 2. The standard InChI is InChI=1S/C14H21F2NO3/c15-14(16)6-4-9(5-7-14)12(18)17-11-3-1-2-10(8-11)13(19)20/h9-11H,1-8H2,(H,17,18)(H,19,20). The number of carbonyl (C=O) groups excluding carboxylic acids is 1. The van der Waals surface area contributed by atoms with E-state index in [1.165, 1.54) is 0 Å². The van der Waals surface area contributed by atoms with Crippen LogP contribution in [0.2, 0.25) is 0 Å². The molecule has 1 amide bonds. The van der Waals surface area contributed by atoms with E-state index in [0.29, 0.717) is 12.8 Å². The van der Waals surface area contributed by atoms with Crippen LogP contribution in [-0.4, -0.2) is 28.9 Å². The molecule has 2 aliphatic rings. The van der Waals surface area contributed by atoms with Crippen molar-refractivity contribution >= 4 is 11.9 Å². The summed E-state index contributed by atoms with van der Waals surface area (Å²) >= 11 is 0. The van der Waals surface area contributed by atoms with E-state index in [-0.39, 0.29) is 43.6 Å². The van der Waals surface area contributed by atoms with E-state index in [1.807, 2.05) is 0 Å². The maximum Gasteiger partial charge on any atom is 0.306 e. The fourth-order valence-corrected chi connectivity index (χ4v) is 3.17. The van der Waals surface area contributed by atoms with E-state index in [1.54, 1.807) is 0 Å². The molecule has 0 saturated heterocycles. The first-order valence-electron chi connectivity index (χ1n) is 7.28. The van der Waals surface area contributed by atoms with Crippen molar-refractivity contribution in [3.63, 3.8) is 0 Å². The van der Waals surface area contributed by atoms with E-state index >= 15 is 0 Å². The van der Waals surface area contributed by atoms with Crippen LogP contribution >= 0.6 is 0 Å². The van der Waals surface area contributed by atoms with E-state index in [4.69, 9.17) is 5.11 Å². The second-order valence-corrected chi connectivity index (χ2v) is 6.04. The Labute approximate surface area is 116 Å². The van der Waals surface area contributed by atoms with Gasteiger partial charge in [-0.25, -0.2) is 8.78 Å². The molecule has 0 spiro atoms. The van der Waals surface area contributed by atoms with E-state index < -0.39 is 17.8 Å². The summed E-state index contributed by atoms with van der Waals surface area (Å²) < 4.78 is 26.1. The van der Waals surface area contributed by atoms with Gasteiger partial charge in [0.15, 0.2) is 0 Å². The molecular formula is C14H21F2NO3. The van der Waals surface area contributed by atoms with Crippen molar-refractivity contribution in [1.29, 1.82) is 0 Å². The number of carbonyl (C=O) groups is 2. The van der Waals surface area contributed by atoms with Crippen LogP contribution < -0.4 is 5.32 Å². The Morgan fingerprint density at radius 3 is 2.30 bits per heavy atom. The molecule has 0 heterocycles. The second kappa shape index (κ2) is 6.06. The van der Waals surface area contributed by atoms with Crippen molar-refractivity contribution in [2.24, 2.45) is 11.8 Å². The van der Waals surface area contributed by atoms with Crippen LogP contribution in [-0.2, 0) is 9.59 Å². The Morgan fingerprint density at radius 1 is 1.05 bits per heavy atom. The Morgan fingerprint density at radius 2 is 1.70 bits per heavy atom. The van der Waals surface area contributed by atoms with Gasteiger partial charge >= 0.3 is 5.97 Å². The smallest absolute Gasteiger partial charge is 0.306 e.